The molecule has 0 aliphatic carbocycles. The van der Waals surface area contributed by atoms with Crippen molar-refractivity contribution in [2.45, 2.75) is 4.90 Å². The molecule has 3 nitrogen and oxygen atoms in total. The van der Waals surface area contributed by atoms with E-state index < -0.39 is 0 Å². The Kier molecular flexibility index (Phi) is 3.98. The number of likely N-dealkylation sites (N-methyl/N-ethyl adjacent to an activating group) is 1. The van der Waals surface area contributed by atoms with Crippen molar-refractivity contribution in [1.82, 2.24) is 0 Å². The monoisotopic (exact) mass is 210 g/mol. The Morgan fingerprint density at radius 2 is 2.00 bits per heavy atom. The summed E-state index contributed by atoms with van der Waals surface area (Å²) in [7, 11) is 1.73. The molecule has 1 rings (SSSR count). The maximum Gasteiger partial charge on any atom is 0.240 e. The molecule has 76 valence electrons. The fourth-order valence-corrected chi connectivity index (χ4v) is 1.49. The topological polar surface area (TPSA) is 46.3 Å². The van der Waals surface area contributed by atoms with Gasteiger partial charge in [0.25, 0.3) is 0 Å². The zero-order valence-corrected chi connectivity index (χ0v) is 9.17. The molecule has 0 saturated carbocycles. The standard InChI is InChI=1S/C10H14N2OS/c1-12(10(13)7-11)8-3-5-9(14-2)6-4-8/h3-6H,7,11H2,1-2H3. The number of benzene rings is 1. The van der Waals surface area contributed by atoms with E-state index in [9.17, 15) is 4.79 Å². The van der Waals surface area contributed by atoms with Gasteiger partial charge in [-0.25, -0.2) is 0 Å². The van der Waals surface area contributed by atoms with Crippen molar-refractivity contribution in [1.29, 1.82) is 0 Å². The number of anilines is 1. The van der Waals surface area contributed by atoms with E-state index >= 15 is 0 Å². The maximum atomic E-state index is 11.3. The van der Waals surface area contributed by atoms with Crippen LogP contribution < -0.4 is 10.6 Å². The molecule has 14 heavy (non-hydrogen) atoms. The molecule has 0 fully saturated rings. The number of thioether (sulfide) groups is 1. The fourth-order valence-electron chi connectivity index (χ4n) is 1.09. The molecule has 1 aromatic carbocycles. The fraction of sp³-hybridized carbons (Fsp3) is 0.300. The summed E-state index contributed by atoms with van der Waals surface area (Å²) >= 11 is 1.68. The molecule has 0 heterocycles. The van der Waals surface area contributed by atoms with Crippen molar-refractivity contribution in [2.24, 2.45) is 5.73 Å². The Hall–Kier alpha value is -1.00. The summed E-state index contributed by atoms with van der Waals surface area (Å²) in [4.78, 5) is 14.0. The van der Waals surface area contributed by atoms with Crippen molar-refractivity contribution in [3.8, 4) is 0 Å². The van der Waals surface area contributed by atoms with Gasteiger partial charge >= 0.3 is 0 Å². The van der Waals surface area contributed by atoms with Crippen molar-refractivity contribution < 1.29 is 4.79 Å². The second-order valence-corrected chi connectivity index (χ2v) is 3.73. The van der Waals surface area contributed by atoms with Gasteiger partial charge in [0.05, 0.1) is 6.54 Å². The second kappa shape index (κ2) is 5.02. The van der Waals surface area contributed by atoms with Crippen molar-refractivity contribution >= 4 is 23.4 Å². The summed E-state index contributed by atoms with van der Waals surface area (Å²) in [5, 5.41) is 0. The first kappa shape index (κ1) is 11.1. The highest BCUT2D eigenvalue weighted by Gasteiger charge is 2.07. The van der Waals surface area contributed by atoms with Crippen LogP contribution in [0.3, 0.4) is 0 Å². The molecule has 0 aromatic heterocycles. The molecule has 0 radical (unpaired) electrons. The number of hydrogen-bond acceptors (Lipinski definition) is 3. The third-order valence-electron chi connectivity index (χ3n) is 2.01. The molecule has 1 amide bonds. The van der Waals surface area contributed by atoms with Gasteiger partial charge in [0.2, 0.25) is 5.91 Å². The minimum Gasteiger partial charge on any atom is -0.322 e. The van der Waals surface area contributed by atoms with E-state index in [2.05, 4.69) is 0 Å². The van der Waals surface area contributed by atoms with Crippen molar-refractivity contribution in [2.75, 3.05) is 24.7 Å². The third-order valence-corrected chi connectivity index (χ3v) is 2.75. The summed E-state index contributed by atoms with van der Waals surface area (Å²) in [5.41, 5.74) is 6.14. The van der Waals surface area contributed by atoms with Crippen LogP contribution in [0, 0.1) is 0 Å². The van der Waals surface area contributed by atoms with Crippen LogP contribution in [0.1, 0.15) is 0 Å². The predicted molar refractivity (Wildman–Crippen MR) is 60.7 cm³/mol. The summed E-state index contributed by atoms with van der Waals surface area (Å²) in [6.45, 7) is 0.0424. The number of amides is 1. The Balaban J connectivity index is 2.81. The van der Waals surface area contributed by atoms with Gasteiger partial charge in [-0.15, -0.1) is 11.8 Å². The summed E-state index contributed by atoms with van der Waals surface area (Å²) in [6.07, 6.45) is 2.02. The molecule has 0 atom stereocenters. The van der Waals surface area contributed by atoms with Crippen LogP contribution in [0.15, 0.2) is 29.2 Å². The van der Waals surface area contributed by atoms with Gasteiger partial charge in [-0.05, 0) is 30.5 Å². The molecular weight excluding hydrogens is 196 g/mol. The van der Waals surface area contributed by atoms with Gasteiger partial charge in [0, 0.05) is 17.6 Å². The van der Waals surface area contributed by atoms with Gasteiger partial charge in [-0.2, -0.15) is 0 Å². The summed E-state index contributed by atoms with van der Waals surface area (Å²) in [6, 6.07) is 7.80. The Morgan fingerprint density at radius 3 is 2.43 bits per heavy atom. The highest BCUT2D eigenvalue weighted by molar-refractivity contribution is 7.98. The van der Waals surface area contributed by atoms with Crippen LogP contribution in [-0.4, -0.2) is 25.8 Å². The van der Waals surface area contributed by atoms with E-state index in [1.165, 1.54) is 4.90 Å². The maximum absolute atomic E-state index is 11.3. The molecule has 0 spiro atoms. The smallest absolute Gasteiger partial charge is 0.240 e. The first-order valence-corrected chi connectivity index (χ1v) is 5.52. The normalized spacial score (nSPS) is 9.93. The quantitative estimate of drug-likeness (QED) is 0.766. The molecule has 0 aliphatic rings. The van der Waals surface area contributed by atoms with Gasteiger partial charge in [-0.3, -0.25) is 4.79 Å². The Morgan fingerprint density at radius 1 is 1.43 bits per heavy atom. The average molecular weight is 210 g/mol. The molecule has 1 aromatic rings. The zero-order valence-electron chi connectivity index (χ0n) is 8.36. The zero-order chi connectivity index (χ0) is 10.6. The Labute approximate surface area is 88.3 Å². The predicted octanol–water partition coefficient (Wildman–Crippen LogP) is 1.33. The number of rotatable bonds is 3. The second-order valence-electron chi connectivity index (χ2n) is 2.85. The first-order valence-electron chi connectivity index (χ1n) is 4.29. The Bertz CT molecular complexity index is 310. The van der Waals surface area contributed by atoms with E-state index in [0.717, 1.165) is 5.69 Å². The van der Waals surface area contributed by atoms with Crippen LogP contribution >= 0.6 is 11.8 Å². The van der Waals surface area contributed by atoms with E-state index in [1.54, 1.807) is 23.7 Å². The minimum atomic E-state index is -0.0816. The van der Waals surface area contributed by atoms with Crippen molar-refractivity contribution in [3.63, 3.8) is 0 Å². The van der Waals surface area contributed by atoms with Crippen LogP contribution in [0.5, 0.6) is 0 Å². The van der Waals surface area contributed by atoms with Crippen molar-refractivity contribution in [3.05, 3.63) is 24.3 Å². The first-order chi connectivity index (χ1) is 6.69. The van der Waals surface area contributed by atoms with E-state index in [1.807, 2.05) is 30.5 Å². The van der Waals surface area contributed by atoms with Gasteiger partial charge in [-0.1, -0.05) is 0 Å². The lowest BCUT2D eigenvalue weighted by Gasteiger charge is -2.16. The average Bonchev–Trinajstić information content (AvgIpc) is 2.27. The number of carbonyl (C=O) groups is 1. The lowest BCUT2D eigenvalue weighted by atomic mass is 10.3. The van der Waals surface area contributed by atoms with Crippen LogP contribution in [0.2, 0.25) is 0 Å². The van der Waals surface area contributed by atoms with E-state index in [-0.39, 0.29) is 12.5 Å². The number of carbonyl (C=O) groups excluding carboxylic acids is 1. The highest BCUT2D eigenvalue weighted by Crippen LogP contribution is 2.19. The SMILES string of the molecule is CSc1ccc(N(C)C(=O)CN)cc1. The minimum absolute atomic E-state index is 0.0424. The molecule has 0 saturated heterocycles. The van der Waals surface area contributed by atoms with Crippen LogP contribution in [0.25, 0.3) is 0 Å². The summed E-state index contributed by atoms with van der Waals surface area (Å²) < 4.78 is 0. The largest absolute Gasteiger partial charge is 0.322 e. The highest BCUT2D eigenvalue weighted by atomic mass is 32.2. The van der Waals surface area contributed by atoms with Crippen LogP contribution in [0.4, 0.5) is 5.69 Å². The van der Waals surface area contributed by atoms with E-state index in [0.29, 0.717) is 0 Å². The molecule has 0 unspecified atom stereocenters. The lowest BCUT2D eigenvalue weighted by Crippen LogP contribution is -2.32. The molecular formula is C10H14N2OS. The van der Waals surface area contributed by atoms with Gasteiger partial charge < -0.3 is 10.6 Å². The number of nitrogens with two attached hydrogens (primary N) is 1. The molecule has 0 bridgehead atoms. The molecule has 2 N–H and O–H groups in total. The van der Waals surface area contributed by atoms with Gasteiger partial charge in [0.1, 0.15) is 0 Å². The number of hydrogen-bond donors (Lipinski definition) is 1. The van der Waals surface area contributed by atoms with Crippen LogP contribution in [-0.2, 0) is 4.79 Å². The lowest BCUT2D eigenvalue weighted by molar-refractivity contribution is -0.117. The van der Waals surface area contributed by atoms with E-state index in [4.69, 9.17) is 5.73 Å². The van der Waals surface area contributed by atoms with Gasteiger partial charge in [0.15, 0.2) is 0 Å². The molecule has 4 heteroatoms. The third kappa shape index (κ3) is 2.49. The summed E-state index contributed by atoms with van der Waals surface area (Å²) in [5.74, 6) is -0.0816. The number of nitrogens with zero attached hydrogens (tertiary/aromatic N) is 1. The molecule has 0 aliphatic heterocycles.